The number of nitriles is 1. The maximum atomic E-state index is 12.5. The summed E-state index contributed by atoms with van der Waals surface area (Å²) in [5.41, 5.74) is 3.04. The summed E-state index contributed by atoms with van der Waals surface area (Å²) in [7, 11) is 3.41. The lowest BCUT2D eigenvalue weighted by Crippen LogP contribution is -2.21. The number of pyridine rings is 1. The number of unbranched alkanes of at least 4 members (excludes halogenated alkanes) is 1. The van der Waals surface area contributed by atoms with Crippen molar-refractivity contribution >= 4 is 40.2 Å². The van der Waals surface area contributed by atoms with E-state index in [2.05, 4.69) is 23.0 Å². The number of thioether (sulfide) groups is 1. The van der Waals surface area contributed by atoms with Crippen LogP contribution in [-0.2, 0) is 11.2 Å². The van der Waals surface area contributed by atoms with E-state index < -0.39 is 11.2 Å². The highest BCUT2D eigenvalue weighted by atomic mass is 32.3. The average Bonchev–Trinajstić information content (AvgIpc) is 3.35. The molecule has 1 amide bonds. The zero-order valence-electron chi connectivity index (χ0n) is 18.2. The van der Waals surface area contributed by atoms with Gasteiger partial charge in [0.25, 0.3) is 5.91 Å². The fourth-order valence-electron chi connectivity index (χ4n) is 2.99. The molecule has 0 aliphatic heterocycles. The van der Waals surface area contributed by atoms with Crippen LogP contribution in [0.25, 0.3) is 21.8 Å². The number of carbonyl (C=O) groups excluding carboxylic acids is 1. The van der Waals surface area contributed by atoms with Gasteiger partial charge in [0.05, 0.1) is 5.56 Å². The third-order valence-electron chi connectivity index (χ3n) is 4.63. The molecule has 0 fully saturated rings. The number of thiazole rings is 1. The van der Waals surface area contributed by atoms with E-state index in [0.717, 1.165) is 23.4 Å². The molecule has 0 aliphatic carbocycles. The SMILES string of the molecule is CCCC[S+]([O-])CSc1nc(-c2nccs2)cc(-c2cccc(C(=O)N(C)C)c2)c1C#N. The van der Waals surface area contributed by atoms with Crippen molar-refractivity contribution in [3.05, 3.63) is 53.0 Å². The fraction of sp³-hybridized carbons (Fsp3) is 0.304. The Hall–Kier alpha value is -2.38. The van der Waals surface area contributed by atoms with E-state index in [1.165, 1.54) is 28.0 Å². The van der Waals surface area contributed by atoms with E-state index in [1.807, 2.05) is 23.6 Å². The molecule has 0 radical (unpaired) electrons. The molecule has 0 saturated carbocycles. The highest BCUT2D eigenvalue weighted by Crippen LogP contribution is 2.35. The minimum atomic E-state index is -0.990. The smallest absolute Gasteiger partial charge is 0.253 e. The predicted octanol–water partition coefficient (Wildman–Crippen LogP) is 5.04. The van der Waals surface area contributed by atoms with E-state index in [0.29, 0.717) is 38.2 Å². The van der Waals surface area contributed by atoms with Crippen molar-refractivity contribution < 1.29 is 9.35 Å². The van der Waals surface area contributed by atoms with Crippen molar-refractivity contribution in [3.8, 4) is 27.9 Å². The predicted molar refractivity (Wildman–Crippen MR) is 132 cm³/mol. The Balaban J connectivity index is 2.07. The van der Waals surface area contributed by atoms with Gasteiger partial charge in [-0.3, -0.25) is 4.79 Å². The van der Waals surface area contributed by atoms with Crippen LogP contribution in [0, 0.1) is 11.3 Å². The van der Waals surface area contributed by atoms with Crippen LogP contribution in [-0.4, -0.2) is 50.3 Å². The van der Waals surface area contributed by atoms with E-state index in [9.17, 15) is 14.6 Å². The summed E-state index contributed by atoms with van der Waals surface area (Å²) in [4.78, 5) is 23.0. The van der Waals surface area contributed by atoms with Crippen molar-refractivity contribution in [2.24, 2.45) is 0 Å². The van der Waals surface area contributed by atoms with Crippen LogP contribution in [0.15, 0.2) is 46.9 Å². The molecular weight excluding hydrogens is 460 g/mol. The van der Waals surface area contributed by atoms with Crippen molar-refractivity contribution in [3.63, 3.8) is 0 Å². The van der Waals surface area contributed by atoms with Crippen LogP contribution < -0.4 is 0 Å². The lowest BCUT2D eigenvalue weighted by Gasteiger charge is -2.14. The van der Waals surface area contributed by atoms with Crippen LogP contribution in [0.5, 0.6) is 0 Å². The third-order valence-corrected chi connectivity index (χ3v) is 8.26. The zero-order chi connectivity index (χ0) is 23.1. The van der Waals surface area contributed by atoms with Gasteiger partial charge < -0.3 is 9.45 Å². The molecule has 1 atom stereocenters. The molecule has 1 aromatic carbocycles. The first-order valence-electron chi connectivity index (χ1n) is 10.1. The van der Waals surface area contributed by atoms with Crippen molar-refractivity contribution in [1.82, 2.24) is 14.9 Å². The number of hydrogen-bond donors (Lipinski definition) is 0. The molecular formula is C23H24N4O2S3. The van der Waals surface area contributed by atoms with Gasteiger partial charge >= 0.3 is 0 Å². The van der Waals surface area contributed by atoms with Gasteiger partial charge in [-0.2, -0.15) is 5.26 Å². The van der Waals surface area contributed by atoms with Crippen LogP contribution in [0.2, 0.25) is 0 Å². The number of aromatic nitrogens is 2. The van der Waals surface area contributed by atoms with Gasteiger partial charge in [-0.25, -0.2) is 9.97 Å². The van der Waals surface area contributed by atoms with Gasteiger partial charge in [-0.1, -0.05) is 37.2 Å². The lowest BCUT2D eigenvalue weighted by molar-refractivity contribution is 0.0827. The van der Waals surface area contributed by atoms with Crippen LogP contribution in [0.4, 0.5) is 0 Å². The summed E-state index contributed by atoms with van der Waals surface area (Å²) in [6.07, 6.45) is 3.61. The number of rotatable bonds is 9. The van der Waals surface area contributed by atoms with Crippen LogP contribution in [0.3, 0.4) is 0 Å². The Kier molecular flexibility index (Phi) is 8.70. The van der Waals surface area contributed by atoms with E-state index in [4.69, 9.17) is 0 Å². The minimum Gasteiger partial charge on any atom is -0.616 e. The molecule has 3 rings (SSSR count). The van der Waals surface area contributed by atoms with Crippen LogP contribution in [0.1, 0.15) is 35.7 Å². The molecule has 166 valence electrons. The number of hydrogen-bond acceptors (Lipinski definition) is 7. The molecule has 0 saturated heterocycles. The molecule has 3 aromatic rings. The monoisotopic (exact) mass is 484 g/mol. The molecule has 0 bridgehead atoms. The van der Waals surface area contributed by atoms with Gasteiger partial charge in [0.15, 0.2) is 5.08 Å². The standard InChI is InChI=1S/C23H24N4O2S3/c1-4-5-11-32(29)15-31-21-19(14-24)18(13-20(26-21)22-25-9-10-30-22)16-7-6-8-17(12-16)23(28)27(2)3/h6-10,12-13H,4-5,11,15H2,1-3H3. The first kappa shape index (κ1) is 24.3. The zero-order valence-corrected chi connectivity index (χ0v) is 20.6. The third kappa shape index (κ3) is 5.90. The first-order chi connectivity index (χ1) is 15.4. The normalized spacial score (nSPS) is 11.7. The second kappa shape index (κ2) is 11.5. The summed E-state index contributed by atoms with van der Waals surface area (Å²) in [6, 6.07) is 11.4. The molecule has 0 aliphatic rings. The lowest BCUT2D eigenvalue weighted by atomic mass is 9.99. The fourth-order valence-corrected chi connectivity index (χ4v) is 6.10. The van der Waals surface area contributed by atoms with Crippen molar-refractivity contribution in [2.75, 3.05) is 24.9 Å². The number of nitrogens with zero attached hydrogens (tertiary/aromatic N) is 4. The van der Waals surface area contributed by atoms with Gasteiger partial charge in [0.1, 0.15) is 27.5 Å². The summed E-state index contributed by atoms with van der Waals surface area (Å²) < 4.78 is 12.4. The largest absolute Gasteiger partial charge is 0.616 e. The Morgan fingerprint density at radius 3 is 2.81 bits per heavy atom. The molecule has 2 heterocycles. The minimum absolute atomic E-state index is 0.111. The first-order valence-corrected chi connectivity index (χ1v) is 13.4. The highest BCUT2D eigenvalue weighted by molar-refractivity contribution is 8.12. The maximum Gasteiger partial charge on any atom is 0.253 e. The molecule has 9 heteroatoms. The van der Waals surface area contributed by atoms with Crippen molar-refractivity contribution in [1.29, 1.82) is 5.26 Å². The molecule has 6 nitrogen and oxygen atoms in total. The Morgan fingerprint density at radius 2 is 2.16 bits per heavy atom. The molecule has 32 heavy (non-hydrogen) atoms. The number of benzene rings is 1. The average molecular weight is 485 g/mol. The summed E-state index contributed by atoms with van der Waals surface area (Å²) in [5, 5.41) is 13.5. The summed E-state index contributed by atoms with van der Waals surface area (Å²) >= 11 is 1.81. The van der Waals surface area contributed by atoms with Gasteiger partial charge in [0, 0.05) is 36.8 Å². The maximum absolute atomic E-state index is 12.5. The second-order valence-electron chi connectivity index (χ2n) is 7.22. The Labute approximate surface area is 199 Å². The molecule has 2 aromatic heterocycles. The van der Waals surface area contributed by atoms with E-state index in [-0.39, 0.29) is 5.91 Å². The summed E-state index contributed by atoms with van der Waals surface area (Å²) in [6.45, 7) is 2.07. The molecule has 0 N–H and O–H groups in total. The number of carbonyl (C=O) groups is 1. The van der Waals surface area contributed by atoms with Crippen LogP contribution >= 0.6 is 23.1 Å². The molecule has 0 spiro atoms. The van der Waals surface area contributed by atoms with Gasteiger partial charge in [0.2, 0.25) is 0 Å². The summed E-state index contributed by atoms with van der Waals surface area (Å²) in [5.74, 6) is 0.527. The van der Waals surface area contributed by atoms with Gasteiger partial charge in [-0.15, -0.1) is 11.3 Å². The second-order valence-corrected chi connectivity index (χ2v) is 11.0. The topological polar surface area (TPSA) is 92.9 Å². The van der Waals surface area contributed by atoms with Gasteiger partial charge in [-0.05, 0) is 41.4 Å². The Bertz CT molecular complexity index is 1110. The van der Waals surface area contributed by atoms with E-state index in [1.54, 1.807) is 32.4 Å². The Morgan fingerprint density at radius 1 is 1.34 bits per heavy atom. The van der Waals surface area contributed by atoms with Crippen molar-refractivity contribution in [2.45, 2.75) is 24.8 Å². The van der Waals surface area contributed by atoms with E-state index >= 15 is 0 Å². The highest BCUT2D eigenvalue weighted by Gasteiger charge is 2.20. The number of amides is 1. The quantitative estimate of drug-likeness (QED) is 0.312. The molecule has 1 unspecified atom stereocenters.